The molecule has 1 amide bonds. The molecule has 0 aromatic heterocycles. The van der Waals surface area contributed by atoms with Crippen LogP contribution in [-0.2, 0) is 13.1 Å². The van der Waals surface area contributed by atoms with Gasteiger partial charge < -0.3 is 20.7 Å². The van der Waals surface area contributed by atoms with Crippen LogP contribution in [0.5, 0.6) is 5.75 Å². The van der Waals surface area contributed by atoms with Crippen LogP contribution in [0.3, 0.4) is 0 Å². The van der Waals surface area contributed by atoms with Gasteiger partial charge in [-0.05, 0) is 37.6 Å². The molecule has 28 heavy (non-hydrogen) atoms. The lowest BCUT2D eigenvalue weighted by Crippen LogP contribution is -2.36. The van der Waals surface area contributed by atoms with Crippen LogP contribution in [0, 0.1) is 0 Å². The Morgan fingerprint density at radius 2 is 1.64 bits per heavy atom. The molecule has 0 saturated heterocycles. The Bertz CT molecular complexity index is 763. The minimum absolute atomic E-state index is 0. The molecule has 6 nitrogen and oxygen atoms in total. The molecule has 0 aliphatic rings. The Kier molecular flexibility index (Phi) is 11.0. The average Bonchev–Trinajstić information content (AvgIpc) is 2.71. The van der Waals surface area contributed by atoms with E-state index >= 15 is 0 Å². The fourth-order valence-corrected chi connectivity index (χ4v) is 2.56. The van der Waals surface area contributed by atoms with E-state index in [0.717, 1.165) is 29.4 Å². The summed E-state index contributed by atoms with van der Waals surface area (Å²) < 4.78 is 5.38. The number of carbonyl (C=O) groups is 1. The second-order valence-corrected chi connectivity index (χ2v) is 5.92. The maximum Gasteiger partial charge on any atom is 0.251 e. The number of amides is 1. The van der Waals surface area contributed by atoms with Crippen molar-refractivity contribution < 1.29 is 9.53 Å². The van der Waals surface area contributed by atoms with Gasteiger partial charge in [-0.15, -0.1) is 24.0 Å². The Labute approximate surface area is 184 Å². The molecule has 0 saturated carbocycles. The molecular weight excluding hydrogens is 467 g/mol. The lowest BCUT2D eigenvalue weighted by atomic mass is 10.1. The lowest BCUT2D eigenvalue weighted by Gasteiger charge is -2.13. The molecule has 0 heterocycles. The van der Waals surface area contributed by atoms with Gasteiger partial charge in [0.15, 0.2) is 5.96 Å². The number of methoxy groups -OCH3 is 1. The van der Waals surface area contributed by atoms with E-state index in [1.54, 1.807) is 7.11 Å². The minimum atomic E-state index is -0.0561. The lowest BCUT2D eigenvalue weighted by molar-refractivity contribution is 0.0956. The highest BCUT2D eigenvalue weighted by atomic mass is 127. The maximum atomic E-state index is 11.8. The van der Waals surface area contributed by atoms with E-state index in [1.165, 1.54) is 0 Å². The molecule has 3 N–H and O–H groups in total. The number of carbonyl (C=O) groups excluding carboxylic acids is 1. The number of halogens is 1. The third kappa shape index (κ3) is 7.38. The summed E-state index contributed by atoms with van der Waals surface area (Å²) in [7, 11) is 1.67. The average molecular weight is 496 g/mol. The molecule has 0 atom stereocenters. The first-order chi connectivity index (χ1) is 13.2. The Hall–Kier alpha value is -2.29. The van der Waals surface area contributed by atoms with Gasteiger partial charge in [0.05, 0.1) is 13.7 Å². The smallest absolute Gasteiger partial charge is 0.251 e. The van der Waals surface area contributed by atoms with E-state index in [1.807, 2.05) is 62.4 Å². The van der Waals surface area contributed by atoms with Crippen molar-refractivity contribution in [1.82, 2.24) is 16.0 Å². The van der Waals surface area contributed by atoms with Crippen LogP contribution in [0.4, 0.5) is 0 Å². The van der Waals surface area contributed by atoms with E-state index in [4.69, 9.17) is 4.74 Å². The SMILES string of the molecule is CCNC(=O)c1ccc(CN=C(NCC)NCc2ccccc2OC)cc1.I. The highest BCUT2D eigenvalue weighted by Gasteiger charge is 2.05. The molecule has 0 aliphatic carbocycles. The molecule has 2 aromatic rings. The van der Waals surface area contributed by atoms with Gasteiger partial charge in [0.25, 0.3) is 5.91 Å². The summed E-state index contributed by atoms with van der Waals surface area (Å²) in [5, 5.41) is 9.36. The summed E-state index contributed by atoms with van der Waals surface area (Å²) in [6.07, 6.45) is 0. The molecular formula is C21H29IN4O2. The van der Waals surface area contributed by atoms with Gasteiger partial charge >= 0.3 is 0 Å². The zero-order chi connectivity index (χ0) is 19.5. The van der Waals surface area contributed by atoms with Crippen LogP contribution in [0.1, 0.15) is 35.3 Å². The van der Waals surface area contributed by atoms with Gasteiger partial charge in [-0.3, -0.25) is 4.79 Å². The standard InChI is InChI=1S/C21H28N4O2.HI/c1-4-22-20(26)17-12-10-16(11-13-17)14-24-21(23-5-2)25-15-18-8-6-7-9-19(18)27-3;/h6-13H,4-5,14-15H2,1-3H3,(H,22,26)(H2,23,24,25);1H. The highest BCUT2D eigenvalue weighted by Crippen LogP contribution is 2.16. The van der Waals surface area contributed by atoms with Gasteiger partial charge in [0, 0.05) is 30.8 Å². The third-order valence-electron chi connectivity index (χ3n) is 3.96. The van der Waals surface area contributed by atoms with Crippen LogP contribution >= 0.6 is 24.0 Å². The third-order valence-corrected chi connectivity index (χ3v) is 3.96. The first-order valence-corrected chi connectivity index (χ1v) is 9.19. The summed E-state index contributed by atoms with van der Waals surface area (Å²) in [5.41, 5.74) is 2.76. The molecule has 0 fully saturated rings. The number of ether oxygens (including phenoxy) is 1. The number of hydrogen-bond donors (Lipinski definition) is 3. The first-order valence-electron chi connectivity index (χ1n) is 9.19. The van der Waals surface area contributed by atoms with Crippen LogP contribution in [0.2, 0.25) is 0 Å². The monoisotopic (exact) mass is 496 g/mol. The van der Waals surface area contributed by atoms with Gasteiger partial charge in [-0.25, -0.2) is 4.99 Å². The van der Waals surface area contributed by atoms with E-state index in [2.05, 4.69) is 20.9 Å². The summed E-state index contributed by atoms with van der Waals surface area (Å²) in [5.74, 6) is 1.53. The van der Waals surface area contributed by atoms with E-state index in [-0.39, 0.29) is 29.9 Å². The van der Waals surface area contributed by atoms with E-state index < -0.39 is 0 Å². The molecule has 0 bridgehead atoms. The molecule has 152 valence electrons. The number of aliphatic imine (C=N–C) groups is 1. The topological polar surface area (TPSA) is 74.8 Å². The molecule has 0 spiro atoms. The van der Waals surface area contributed by atoms with Crippen LogP contribution in [0.15, 0.2) is 53.5 Å². The number of nitrogens with zero attached hydrogens (tertiary/aromatic N) is 1. The van der Waals surface area contributed by atoms with Gasteiger partial charge in [-0.2, -0.15) is 0 Å². The second-order valence-electron chi connectivity index (χ2n) is 5.92. The van der Waals surface area contributed by atoms with Crippen molar-refractivity contribution in [1.29, 1.82) is 0 Å². The van der Waals surface area contributed by atoms with Crippen LogP contribution in [0.25, 0.3) is 0 Å². The van der Waals surface area contributed by atoms with Crippen molar-refractivity contribution in [3.63, 3.8) is 0 Å². The summed E-state index contributed by atoms with van der Waals surface area (Å²) in [6, 6.07) is 15.4. The molecule has 2 aromatic carbocycles. The Morgan fingerprint density at radius 3 is 2.29 bits per heavy atom. The van der Waals surface area contributed by atoms with Crippen molar-refractivity contribution in [2.75, 3.05) is 20.2 Å². The van der Waals surface area contributed by atoms with E-state index in [0.29, 0.717) is 25.2 Å². The van der Waals surface area contributed by atoms with Crippen molar-refractivity contribution in [3.8, 4) is 5.75 Å². The normalized spacial score (nSPS) is 10.6. The Morgan fingerprint density at radius 1 is 0.964 bits per heavy atom. The molecule has 0 aliphatic heterocycles. The fraction of sp³-hybridized carbons (Fsp3) is 0.333. The van der Waals surface area contributed by atoms with Crippen molar-refractivity contribution >= 4 is 35.8 Å². The van der Waals surface area contributed by atoms with Crippen LogP contribution < -0.4 is 20.7 Å². The second kappa shape index (κ2) is 13.0. The largest absolute Gasteiger partial charge is 0.496 e. The first kappa shape index (κ1) is 23.7. The summed E-state index contributed by atoms with van der Waals surface area (Å²) >= 11 is 0. The number of nitrogens with one attached hydrogen (secondary N) is 3. The van der Waals surface area contributed by atoms with Crippen LogP contribution in [-0.4, -0.2) is 32.1 Å². The summed E-state index contributed by atoms with van der Waals surface area (Å²) in [6.45, 7) is 6.47. The fourth-order valence-electron chi connectivity index (χ4n) is 2.56. The van der Waals surface area contributed by atoms with Crippen molar-refractivity contribution in [3.05, 3.63) is 65.2 Å². The van der Waals surface area contributed by atoms with Crippen molar-refractivity contribution in [2.24, 2.45) is 4.99 Å². The molecule has 7 heteroatoms. The number of para-hydroxylation sites is 1. The molecule has 0 unspecified atom stereocenters. The molecule has 2 rings (SSSR count). The van der Waals surface area contributed by atoms with Gasteiger partial charge in [0.1, 0.15) is 5.75 Å². The zero-order valence-corrected chi connectivity index (χ0v) is 18.9. The summed E-state index contributed by atoms with van der Waals surface area (Å²) in [4.78, 5) is 16.4. The predicted octanol–water partition coefficient (Wildman–Crippen LogP) is 3.32. The molecule has 0 radical (unpaired) electrons. The number of guanidine groups is 1. The number of hydrogen-bond acceptors (Lipinski definition) is 3. The zero-order valence-electron chi connectivity index (χ0n) is 16.6. The number of rotatable bonds is 8. The van der Waals surface area contributed by atoms with Gasteiger partial charge in [-0.1, -0.05) is 30.3 Å². The predicted molar refractivity (Wildman–Crippen MR) is 125 cm³/mol. The van der Waals surface area contributed by atoms with Crippen molar-refractivity contribution in [2.45, 2.75) is 26.9 Å². The minimum Gasteiger partial charge on any atom is -0.496 e. The Balaban J connectivity index is 0.00000392. The highest BCUT2D eigenvalue weighted by molar-refractivity contribution is 14.0. The maximum absolute atomic E-state index is 11.8. The quantitative estimate of drug-likeness (QED) is 0.298. The van der Waals surface area contributed by atoms with Gasteiger partial charge in [0.2, 0.25) is 0 Å². The number of benzene rings is 2. The van der Waals surface area contributed by atoms with E-state index in [9.17, 15) is 4.79 Å².